The van der Waals surface area contributed by atoms with Gasteiger partial charge in [-0.25, -0.2) is 0 Å². The van der Waals surface area contributed by atoms with Crippen LogP contribution in [0.1, 0.15) is 23.0 Å². The summed E-state index contributed by atoms with van der Waals surface area (Å²) in [6, 6.07) is 3.24. The van der Waals surface area contributed by atoms with E-state index in [-0.39, 0.29) is 24.6 Å². The predicted octanol–water partition coefficient (Wildman–Crippen LogP) is 2.26. The molecule has 0 bridgehead atoms. The lowest BCUT2D eigenvalue weighted by Gasteiger charge is -2.10. The van der Waals surface area contributed by atoms with E-state index in [9.17, 15) is 9.59 Å². The van der Waals surface area contributed by atoms with Gasteiger partial charge in [-0.2, -0.15) is 0 Å². The lowest BCUT2D eigenvalue weighted by atomic mass is 10.0. The summed E-state index contributed by atoms with van der Waals surface area (Å²) in [5.41, 5.74) is 0.0796. The van der Waals surface area contributed by atoms with Crippen molar-refractivity contribution in [1.82, 2.24) is 5.32 Å². The molecule has 1 heterocycles. The molecule has 7 heteroatoms. The third-order valence-electron chi connectivity index (χ3n) is 2.34. The Morgan fingerprint density at radius 1 is 1.56 bits per heavy atom. The first-order valence-electron chi connectivity index (χ1n) is 5.23. The minimum absolute atomic E-state index is 0.0796. The molecule has 98 valence electrons. The van der Waals surface area contributed by atoms with Crippen LogP contribution < -0.4 is 5.32 Å². The zero-order valence-electron chi connectivity index (χ0n) is 9.70. The molecule has 0 spiro atoms. The molecule has 0 aliphatic heterocycles. The van der Waals surface area contributed by atoms with Gasteiger partial charge in [-0.3, -0.25) is 9.59 Å². The minimum Gasteiger partial charge on any atom is -0.481 e. The minimum atomic E-state index is -1.05. The van der Waals surface area contributed by atoms with Crippen molar-refractivity contribution in [2.75, 3.05) is 6.54 Å². The molecular formula is C11H13ClN2O3S. The SMILES string of the molecule is CC(=N)[C@H](CCNC(=O)c1ccc(Cl)s1)C(=O)O. The Morgan fingerprint density at radius 3 is 2.67 bits per heavy atom. The van der Waals surface area contributed by atoms with E-state index >= 15 is 0 Å². The fourth-order valence-electron chi connectivity index (χ4n) is 1.38. The number of nitrogens with one attached hydrogen (secondary N) is 2. The Labute approximate surface area is 113 Å². The number of thiophene rings is 1. The van der Waals surface area contributed by atoms with Gasteiger partial charge >= 0.3 is 5.97 Å². The molecular weight excluding hydrogens is 276 g/mol. The molecule has 1 amide bonds. The Morgan fingerprint density at radius 2 is 2.22 bits per heavy atom. The number of carboxylic acid groups (broad SMARTS) is 1. The molecule has 0 unspecified atom stereocenters. The summed E-state index contributed by atoms with van der Waals surface area (Å²) in [5, 5.41) is 18.8. The van der Waals surface area contributed by atoms with Crippen LogP contribution in [-0.4, -0.2) is 29.2 Å². The van der Waals surface area contributed by atoms with Gasteiger partial charge in [-0.15, -0.1) is 11.3 Å². The molecule has 18 heavy (non-hydrogen) atoms. The summed E-state index contributed by atoms with van der Waals surface area (Å²) in [6.45, 7) is 1.65. The second-order valence-corrected chi connectivity index (χ2v) is 5.44. The van der Waals surface area contributed by atoms with Crippen molar-refractivity contribution in [3.8, 4) is 0 Å². The number of hydrogen-bond acceptors (Lipinski definition) is 4. The number of carbonyl (C=O) groups is 2. The van der Waals surface area contributed by atoms with Crippen LogP contribution in [0.5, 0.6) is 0 Å². The van der Waals surface area contributed by atoms with Crippen LogP contribution in [0.2, 0.25) is 4.34 Å². The average Bonchev–Trinajstić information content (AvgIpc) is 2.69. The molecule has 0 radical (unpaired) electrons. The standard InChI is InChI=1S/C11H13ClN2O3S/c1-6(13)7(11(16)17)4-5-14-10(15)8-2-3-9(12)18-8/h2-3,7,13H,4-5H2,1H3,(H,14,15)(H,16,17)/t7-/m0/s1. The quantitative estimate of drug-likeness (QED) is 0.701. The molecule has 5 nitrogen and oxygen atoms in total. The molecule has 0 saturated carbocycles. The molecule has 0 aromatic carbocycles. The van der Waals surface area contributed by atoms with Crippen LogP contribution in [0.15, 0.2) is 12.1 Å². The summed E-state index contributed by atoms with van der Waals surface area (Å²) >= 11 is 6.87. The largest absolute Gasteiger partial charge is 0.481 e. The number of rotatable bonds is 6. The van der Waals surface area contributed by atoms with Gasteiger partial charge in [0.2, 0.25) is 0 Å². The Balaban J connectivity index is 2.44. The maximum absolute atomic E-state index is 11.6. The molecule has 0 aliphatic carbocycles. The van der Waals surface area contributed by atoms with Crippen molar-refractivity contribution >= 4 is 40.5 Å². The highest BCUT2D eigenvalue weighted by Gasteiger charge is 2.19. The zero-order valence-corrected chi connectivity index (χ0v) is 11.3. The van der Waals surface area contributed by atoms with E-state index in [0.717, 1.165) is 11.3 Å². The van der Waals surface area contributed by atoms with Crippen molar-refractivity contribution in [1.29, 1.82) is 5.41 Å². The van der Waals surface area contributed by atoms with Crippen molar-refractivity contribution in [3.05, 3.63) is 21.3 Å². The molecule has 1 aromatic heterocycles. The first-order chi connectivity index (χ1) is 8.41. The second-order valence-electron chi connectivity index (χ2n) is 3.72. The number of carboxylic acids is 1. The summed E-state index contributed by atoms with van der Waals surface area (Å²) < 4.78 is 0.527. The predicted molar refractivity (Wildman–Crippen MR) is 70.8 cm³/mol. The summed E-state index contributed by atoms with van der Waals surface area (Å²) in [4.78, 5) is 22.9. The smallest absolute Gasteiger partial charge is 0.312 e. The first-order valence-corrected chi connectivity index (χ1v) is 6.42. The van der Waals surface area contributed by atoms with E-state index in [1.54, 1.807) is 12.1 Å². The van der Waals surface area contributed by atoms with E-state index in [1.165, 1.54) is 6.92 Å². The van der Waals surface area contributed by atoms with Crippen molar-refractivity contribution in [2.45, 2.75) is 13.3 Å². The molecule has 0 aliphatic rings. The van der Waals surface area contributed by atoms with Gasteiger partial charge in [0.1, 0.15) is 0 Å². The fraction of sp³-hybridized carbons (Fsp3) is 0.364. The number of aliphatic carboxylic acids is 1. The summed E-state index contributed by atoms with van der Waals surface area (Å²) in [7, 11) is 0. The third kappa shape index (κ3) is 4.12. The molecule has 0 fully saturated rings. The van der Waals surface area contributed by atoms with E-state index in [2.05, 4.69) is 5.32 Å². The van der Waals surface area contributed by atoms with Crippen molar-refractivity contribution in [3.63, 3.8) is 0 Å². The van der Waals surface area contributed by atoms with E-state index in [4.69, 9.17) is 22.1 Å². The number of carbonyl (C=O) groups excluding carboxylic acids is 1. The molecule has 1 aromatic rings. The lowest BCUT2D eigenvalue weighted by Crippen LogP contribution is -2.29. The topological polar surface area (TPSA) is 90.3 Å². The first kappa shape index (κ1) is 14.7. The van der Waals surface area contributed by atoms with Crippen LogP contribution in [0, 0.1) is 11.3 Å². The number of hydrogen-bond donors (Lipinski definition) is 3. The van der Waals surface area contributed by atoms with Gasteiger partial charge in [0.25, 0.3) is 5.91 Å². The van der Waals surface area contributed by atoms with E-state index in [1.807, 2.05) is 0 Å². The van der Waals surface area contributed by atoms with Crippen molar-refractivity contribution in [2.24, 2.45) is 5.92 Å². The van der Waals surface area contributed by atoms with Crippen LogP contribution in [0.25, 0.3) is 0 Å². The highest BCUT2D eigenvalue weighted by molar-refractivity contribution is 7.17. The monoisotopic (exact) mass is 288 g/mol. The maximum Gasteiger partial charge on any atom is 0.312 e. The van der Waals surface area contributed by atoms with Gasteiger partial charge in [0, 0.05) is 12.3 Å². The van der Waals surface area contributed by atoms with Gasteiger partial charge < -0.3 is 15.8 Å². The normalized spacial score (nSPS) is 11.9. The Bertz CT molecular complexity index is 459. The van der Waals surface area contributed by atoms with Gasteiger partial charge in [0.15, 0.2) is 0 Å². The summed E-state index contributed by atoms with van der Waals surface area (Å²) in [6.07, 6.45) is 0.204. The molecule has 3 N–H and O–H groups in total. The highest BCUT2D eigenvalue weighted by Crippen LogP contribution is 2.21. The van der Waals surface area contributed by atoms with Gasteiger partial charge in [-0.05, 0) is 25.5 Å². The summed E-state index contributed by atoms with van der Waals surface area (Å²) in [5.74, 6) is -2.17. The zero-order chi connectivity index (χ0) is 13.7. The molecule has 1 rings (SSSR count). The third-order valence-corrected chi connectivity index (χ3v) is 3.57. The van der Waals surface area contributed by atoms with E-state index < -0.39 is 11.9 Å². The maximum atomic E-state index is 11.6. The molecule has 0 saturated heterocycles. The van der Waals surface area contributed by atoms with Crippen molar-refractivity contribution < 1.29 is 14.7 Å². The molecule has 1 atom stereocenters. The highest BCUT2D eigenvalue weighted by atomic mass is 35.5. The lowest BCUT2D eigenvalue weighted by molar-refractivity contribution is -0.139. The number of halogens is 1. The van der Waals surface area contributed by atoms with Crippen LogP contribution >= 0.6 is 22.9 Å². The van der Waals surface area contributed by atoms with Crippen LogP contribution in [0.3, 0.4) is 0 Å². The van der Waals surface area contributed by atoms with E-state index in [0.29, 0.717) is 9.21 Å². The van der Waals surface area contributed by atoms with Gasteiger partial charge in [0.05, 0.1) is 15.1 Å². The van der Waals surface area contributed by atoms with Crippen LogP contribution in [0.4, 0.5) is 0 Å². The Hall–Kier alpha value is -1.40. The van der Waals surface area contributed by atoms with Crippen LogP contribution in [-0.2, 0) is 4.79 Å². The fourth-order valence-corrected chi connectivity index (χ4v) is 2.34. The second kappa shape index (κ2) is 6.51. The number of amides is 1. The van der Waals surface area contributed by atoms with Gasteiger partial charge in [-0.1, -0.05) is 11.6 Å². The Kier molecular flexibility index (Phi) is 5.30. The average molecular weight is 289 g/mol.